The van der Waals surface area contributed by atoms with Crippen LogP contribution in [0.15, 0.2) is 24.3 Å². The van der Waals surface area contributed by atoms with E-state index in [0.29, 0.717) is 11.6 Å². The van der Waals surface area contributed by atoms with Crippen LogP contribution in [0.3, 0.4) is 0 Å². The van der Waals surface area contributed by atoms with Gasteiger partial charge in [-0.05, 0) is 44.0 Å². The fourth-order valence-electron chi connectivity index (χ4n) is 2.68. The van der Waals surface area contributed by atoms with Crippen LogP contribution in [0.4, 0.5) is 0 Å². The molecule has 1 aliphatic heterocycles. The number of benzene rings is 1. The first kappa shape index (κ1) is 24.7. The maximum atomic E-state index is 8.77. The Kier molecular flexibility index (Phi) is 13.8. The summed E-state index contributed by atoms with van der Waals surface area (Å²) in [7, 11) is 0. The van der Waals surface area contributed by atoms with E-state index in [9.17, 15) is 0 Å². The van der Waals surface area contributed by atoms with Crippen molar-refractivity contribution in [3.8, 4) is 6.07 Å². The quantitative estimate of drug-likeness (QED) is 0.822. The fraction of sp³-hybridized carbons (Fsp3) is 0.562. The van der Waals surface area contributed by atoms with E-state index < -0.39 is 0 Å². The van der Waals surface area contributed by atoms with Gasteiger partial charge in [0.1, 0.15) is 0 Å². The van der Waals surface area contributed by atoms with Crippen LogP contribution in [0, 0.1) is 11.3 Å². The maximum Gasteiger partial charge on any atom is 0.0991 e. The zero-order valence-corrected chi connectivity index (χ0v) is 15.9. The number of nitrogens with zero attached hydrogens (tertiary/aromatic N) is 2. The van der Waals surface area contributed by atoms with E-state index in [-0.39, 0.29) is 43.3 Å². The van der Waals surface area contributed by atoms with Gasteiger partial charge in [0.05, 0.1) is 11.6 Å². The van der Waals surface area contributed by atoms with Crippen LogP contribution in [0.5, 0.6) is 0 Å². The Hall–Kier alpha value is -0.540. The second-order valence-electron chi connectivity index (χ2n) is 5.72. The summed E-state index contributed by atoms with van der Waals surface area (Å²) >= 11 is 0. The molecule has 1 fully saturated rings. The zero-order valence-electron chi connectivity index (χ0n) is 13.4. The van der Waals surface area contributed by atoms with E-state index in [1.807, 2.05) is 24.3 Å². The van der Waals surface area contributed by atoms with Crippen LogP contribution in [-0.2, 0) is 6.42 Å². The van der Waals surface area contributed by atoms with Gasteiger partial charge in [0.15, 0.2) is 0 Å². The van der Waals surface area contributed by atoms with Crippen molar-refractivity contribution in [3.05, 3.63) is 35.4 Å². The molecule has 0 aliphatic carbocycles. The lowest BCUT2D eigenvalue weighted by Crippen LogP contribution is -2.50. The van der Waals surface area contributed by atoms with Crippen molar-refractivity contribution in [1.82, 2.24) is 10.2 Å². The standard InChI is InChI=1S/C16H24N4.3ClH/c1-13-12-20(9-7-19-13)8-6-16(18)10-14-2-4-15(11-17)5-3-14;;;/h2-5,13,16,19H,6-10,12,18H2,1H3;3*1H/t13-,16+;;;/m1.../s1. The second-order valence-corrected chi connectivity index (χ2v) is 5.72. The summed E-state index contributed by atoms with van der Waals surface area (Å²) in [4.78, 5) is 2.49. The molecule has 1 aliphatic rings. The summed E-state index contributed by atoms with van der Waals surface area (Å²) in [5.74, 6) is 0. The van der Waals surface area contributed by atoms with Gasteiger partial charge in [0, 0.05) is 31.7 Å². The largest absolute Gasteiger partial charge is 0.327 e. The molecule has 4 nitrogen and oxygen atoms in total. The smallest absolute Gasteiger partial charge is 0.0991 e. The lowest BCUT2D eigenvalue weighted by atomic mass is 10.0. The molecule has 1 heterocycles. The highest BCUT2D eigenvalue weighted by atomic mass is 35.5. The molecule has 1 aromatic carbocycles. The van der Waals surface area contributed by atoms with E-state index in [1.165, 1.54) is 5.56 Å². The number of halogens is 3. The van der Waals surface area contributed by atoms with Crippen LogP contribution >= 0.6 is 37.2 Å². The lowest BCUT2D eigenvalue weighted by molar-refractivity contribution is 0.200. The second kappa shape index (κ2) is 12.8. The lowest BCUT2D eigenvalue weighted by Gasteiger charge is -2.32. The van der Waals surface area contributed by atoms with E-state index in [4.69, 9.17) is 11.0 Å². The third-order valence-electron chi connectivity index (χ3n) is 3.85. The average Bonchev–Trinajstić information content (AvgIpc) is 2.46. The molecule has 132 valence electrons. The molecule has 0 aromatic heterocycles. The first-order valence-electron chi connectivity index (χ1n) is 7.37. The predicted molar refractivity (Wildman–Crippen MR) is 103 cm³/mol. The fourth-order valence-corrected chi connectivity index (χ4v) is 2.68. The molecule has 0 saturated carbocycles. The van der Waals surface area contributed by atoms with Gasteiger partial charge in [-0.3, -0.25) is 0 Å². The van der Waals surface area contributed by atoms with E-state index in [2.05, 4.69) is 23.2 Å². The highest BCUT2D eigenvalue weighted by Gasteiger charge is 2.16. The number of nitrogens with two attached hydrogens (primary N) is 1. The van der Waals surface area contributed by atoms with Gasteiger partial charge in [-0.25, -0.2) is 0 Å². The molecule has 0 bridgehead atoms. The molecule has 3 N–H and O–H groups in total. The van der Waals surface area contributed by atoms with Crippen molar-refractivity contribution >= 4 is 37.2 Å². The van der Waals surface area contributed by atoms with Crippen LogP contribution < -0.4 is 11.1 Å². The van der Waals surface area contributed by atoms with Gasteiger partial charge < -0.3 is 16.0 Å². The normalized spacial score (nSPS) is 18.6. The summed E-state index contributed by atoms with van der Waals surface area (Å²) in [5.41, 5.74) is 8.14. The SMILES string of the molecule is C[C@@H]1CN(CC[C@H](N)Cc2ccc(C#N)cc2)CCN1.Cl.Cl.Cl. The number of rotatable bonds is 5. The monoisotopic (exact) mass is 380 g/mol. The Morgan fingerprint density at radius 2 is 1.96 bits per heavy atom. The van der Waals surface area contributed by atoms with Gasteiger partial charge in [0.2, 0.25) is 0 Å². The van der Waals surface area contributed by atoms with Crippen molar-refractivity contribution in [2.45, 2.75) is 31.8 Å². The van der Waals surface area contributed by atoms with Crippen LogP contribution in [0.25, 0.3) is 0 Å². The Labute approximate surface area is 158 Å². The number of piperazine rings is 1. The Bertz CT molecular complexity index is 461. The molecule has 0 radical (unpaired) electrons. The Morgan fingerprint density at radius 1 is 1.30 bits per heavy atom. The molecule has 0 spiro atoms. The third kappa shape index (κ3) is 8.76. The molecular weight excluding hydrogens is 355 g/mol. The third-order valence-corrected chi connectivity index (χ3v) is 3.85. The molecule has 2 atom stereocenters. The minimum Gasteiger partial charge on any atom is -0.327 e. The first-order valence-corrected chi connectivity index (χ1v) is 7.37. The van der Waals surface area contributed by atoms with Crippen LogP contribution in [0.1, 0.15) is 24.5 Å². The highest BCUT2D eigenvalue weighted by Crippen LogP contribution is 2.08. The minimum absolute atomic E-state index is 0. The summed E-state index contributed by atoms with van der Waals surface area (Å²) in [6.45, 7) is 6.61. The first-order chi connectivity index (χ1) is 9.67. The molecule has 7 heteroatoms. The van der Waals surface area contributed by atoms with E-state index in [0.717, 1.165) is 39.0 Å². The van der Waals surface area contributed by atoms with Gasteiger partial charge >= 0.3 is 0 Å². The van der Waals surface area contributed by atoms with E-state index >= 15 is 0 Å². The number of hydrogen-bond acceptors (Lipinski definition) is 4. The number of hydrogen-bond donors (Lipinski definition) is 2. The molecular formula is C16H27Cl3N4. The van der Waals surface area contributed by atoms with Crippen molar-refractivity contribution in [3.63, 3.8) is 0 Å². The molecule has 0 unspecified atom stereocenters. The topological polar surface area (TPSA) is 65.1 Å². The number of nitrogens with one attached hydrogen (secondary N) is 1. The number of nitriles is 1. The zero-order chi connectivity index (χ0) is 14.4. The van der Waals surface area contributed by atoms with Gasteiger partial charge in [0.25, 0.3) is 0 Å². The molecule has 1 saturated heterocycles. The van der Waals surface area contributed by atoms with Crippen LogP contribution in [-0.4, -0.2) is 43.2 Å². The van der Waals surface area contributed by atoms with Crippen LogP contribution in [0.2, 0.25) is 0 Å². The van der Waals surface area contributed by atoms with Crippen molar-refractivity contribution in [1.29, 1.82) is 5.26 Å². The molecule has 1 aromatic rings. The predicted octanol–water partition coefficient (Wildman–Crippen LogP) is 2.38. The van der Waals surface area contributed by atoms with Gasteiger partial charge in [-0.1, -0.05) is 12.1 Å². The van der Waals surface area contributed by atoms with Gasteiger partial charge in [-0.2, -0.15) is 5.26 Å². The molecule has 2 rings (SSSR count). The Morgan fingerprint density at radius 3 is 2.52 bits per heavy atom. The summed E-state index contributed by atoms with van der Waals surface area (Å²) < 4.78 is 0. The van der Waals surface area contributed by atoms with Gasteiger partial charge in [-0.15, -0.1) is 37.2 Å². The Balaban J connectivity index is 0. The van der Waals surface area contributed by atoms with Crippen molar-refractivity contribution < 1.29 is 0 Å². The van der Waals surface area contributed by atoms with Crippen molar-refractivity contribution in [2.24, 2.45) is 5.73 Å². The highest BCUT2D eigenvalue weighted by molar-refractivity contribution is 5.86. The maximum absolute atomic E-state index is 8.77. The summed E-state index contributed by atoms with van der Waals surface area (Å²) in [6, 6.07) is 10.6. The molecule has 0 amide bonds. The van der Waals surface area contributed by atoms with E-state index in [1.54, 1.807) is 0 Å². The average molecular weight is 382 g/mol. The molecule has 23 heavy (non-hydrogen) atoms. The summed E-state index contributed by atoms with van der Waals surface area (Å²) in [5, 5.41) is 12.2. The minimum atomic E-state index is 0. The van der Waals surface area contributed by atoms with Crippen molar-refractivity contribution in [2.75, 3.05) is 26.2 Å². The summed E-state index contributed by atoms with van der Waals surface area (Å²) in [6.07, 6.45) is 1.90.